The van der Waals surface area contributed by atoms with Crippen molar-refractivity contribution in [1.82, 2.24) is 9.55 Å². The van der Waals surface area contributed by atoms with E-state index in [1.54, 1.807) is 36.1 Å². The molecule has 2 aromatic carbocycles. The molecule has 0 bridgehead atoms. The Morgan fingerprint density at radius 2 is 1.89 bits per heavy atom. The van der Waals surface area contributed by atoms with E-state index >= 15 is 0 Å². The number of nitrogens with zero attached hydrogens (tertiary/aromatic N) is 2. The summed E-state index contributed by atoms with van der Waals surface area (Å²) in [4.78, 5) is 3.98. The third-order valence-electron chi connectivity index (χ3n) is 2.94. The van der Waals surface area contributed by atoms with Gasteiger partial charge in [-0.2, -0.15) is 0 Å². The van der Waals surface area contributed by atoms with Gasteiger partial charge in [0.2, 0.25) is 0 Å². The van der Waals surface area contributed by atoms with Crippen LogP contribution in [0.2, 0.25) is 0 Å². The first-order chi connectivity index (χ1) is 8.65. The smallest absolute Gasteiger partial charge is 0.151 e. The van der Waals surface area contributed by atoms with Crippen molar-refractivity contribution in [2.45, 2.75) is 0 Å². The monoisotopic (exact) mass is 244 g/mol. The van der Waals surface area contributed by atoms with Gasteiger partial charge in [0.25, 0.3) is 0 Å². The Morgan fingerprint density at radius 1 is 1.06 bits per heavy atom. The molecular formula is C14H10F2N2. The number of benzene rings is 2. The Bertz CT molecular complexity index is 732. The minimum atomic E-state index is -0.396. The molecule has 0 fully saturated rings. The summed E-state index contributed by atoms with van der Waals surface area (Å²) in [5.74, 6) is -0.731. The fourth-order valence-electron chi connectivity index (χ4n) is 2.02. The summed E-state index contributed by atoms with van der Waals surface area (Å²) in [7, 11) is 1.80. The maximum absolute atomic E-state index is 13.9. The minimum Gasteiger partial charge on any atom is -0.334 e. The minimum absolute atomic E-state index is 0.331. The molecular weight excluding hydrogens is 234 g/mol. The summed E-state index contributed by atoms with van der Waals surface area (Å²) < 4.78 is 28.8. The van der Waals surface area contributed by atoms with E-state index in [1.807, 2.05) is 0 Å². The topological polar surface area (TPSA) is 17.8 Å². The van der Waals surface area contributed by atoms with E-state index in [1.165, 1.54) is 18.2 Å². The van der Waals surface area contributed by atoms with Crippen LogP contribution in [0.1, 0.15) is 0 Å². The highest BCUT2D eigenvalue weighted by Gasteiger charge is 2.09. The SMILES string of the molecule is Cn1cnc2c(F)cc(-c3cccc(F)c3)cc21. The molecule has 0 aliphatic carbocycles. The van der Waals surface area contributed by atoms with Crippen LogP contribution >= 0.6 is 0 Å². The molecule has 0 saturated carbocycles. The highest BCUT2D eigenvalue weighted by atomic mass is 19.1. The van der Waals surface area contributed by atoms with Gasteiger partial charge in [0.15, 0.2) is 5.82 Å². The van der Waals surface area contributed by atoms with Gasteiger partial charge in [-0.05, 0) is 35.4 Å². The molecule has 0 atom stereocenters. The van der Waals surface area contributed by atoms with Crippen LogP contribution in [-0.4, -0.2) is 9.55 Å². The third-order valence-corrected chi connectivity index (χ3v) is 2.94. The maximum atomic E-state index is 13.9. The molecule has 0 spiro atoms. The lowest BCUT2D eigenvalue weighted by Crippen LogP contribution is -1.88. The Balaban J connectivity index is 2.27. The second-order valence-electron chi connectivity index (χ2n) is 4.19. The Kier molecular flexibility index (Phi) is 2.37. The van der Waals surface area contributed by atoms with Gasteiger partial charge in [0.1, 0.15) is 11.3 Å². The number of rotatable bonds is 1. The summed E-state index contributed by atoms with van der Waals surface area (Å²) in [6.07, 6.45) is 1.56. The van der Waals surface area contributed by atoms with Crippen LogP contribution in [-0.2, 0) is 7.05 Å². The molecule has 0 unspecified atom stereocenters. The quantitative estimate of drug-likeness (QED) is 0.640. The molecule has 0 saturated heterocycles. The van der Waals surface area contributed by atoms with Gasteiger partial charge < -0.3 is 4.57 Å². The predicted octanol–water partition coefficient (Wildman–Crippen LogP) is 3.52. The molecule has 3 aromatic rings. The van der Waals surface area contributed by atoms with E-state index in [-0.39, 0.29) is 5.82 Å². The summed E-state index contributed by atoms with van der Waals surface area (Å²) in [6, 6.07) is 9.29. The van der Waals surface area contributed by atoms with Crippen LogP contribution in [0, 0.1) is 11.6 Å². The molecule has 0 radical (unpaired) electrons. The summed E-state index contributed by atoms with van der Waals surface area (Å²) in [5, 5.41) is 0. The molecule has 0 aliphatic rings. The lowest BCUT2D eigenvalue weighted by Gasteiger charge is -2.04. The first-order valence-corrected chi connectivity index (χ1v) is 5.51. The molecule has 0 N–H and O–H groups in total. The Hall–Kier alpha value is -2.23. The average Bonchev–Trinajstić information content (AvgIpc) is 2.72. The van der Waals surface area contributed by atoms with Crippen molar-refractivity contribution in [3.63, 3.8) is 0 Å². The predicted molar refractivity (Wildman–Crippen MR) is 66.1 cm³/mol. The van der Waals surface area contributed by atoms with E-state index in [9.17, 15) is 8.78 Å². The van der Waals surface area contributed by atoms with Crippen LogP contribution in [0.4, 0.5) is 8.78 Å². The van der Waals surface area contributed by atoms with Gasteiger partial charge >= 0.3 is 0 Å². The first kappa shape index (κ1) is 10.9. The van der Waals surface area contributed by atoms with E-state index < -0.39 is 5.82 Å². The van der Waals surface area contributed by atoms with Crippen LogP contribution in [0.5, 0.6) is 0 Å². The second-order valence-corrected chi connectivity index (χ2v) is 4.19. The number of hydrogen-bond donors (Lipinski definition) is 0. The number of aromatic nitrogens is 2. The molecule has 1 heterocycles. The summed E-state index contributed by atoms with van der Waals surface area (Å²) >= 11 is 0. The van der Waals surface area contributed by atoms with Crippen LogP contribution in [0.25, 0.3) is 22.2 Å². The Morgan fingerprint density at radius 3 is 2.67 bits per heavy atom. The van der Waals surface area contributed by atoms with Gasteiger partial charge in [-0.15, -0.1) is 0 Å². The fraction of sp³-hybridized carbons (Fsp3) is 0.0714. The number of imidazole rings is 1. The fourth-order valence-corrected chi connectivity index (χ4v) is 2.02. The molecule has 0 amide bonds. The number of fused-ring (bicyclic) bond motifs is 1. The van der Waals surface area contributed by atoms with E-state index in [2.05, 4.69) is 4.98 Å². The molecule has 3 rings (SSSR count). The van der Waals surface area contributed by atoms with Crippen LogP contribution < -0.4 is 0 Å². The number of halogens is 2. The van der Waals surface area contributed by atoms with Crippen molar-refractivity contribution in [3.8, 4) is 11.1 Å². The molecule has 18 heavy (non-hydrogen) atoms. The van der Waals surface area contributed by atoms with Gasteiger partial charge in [-0.3, -0.25) is 0 Å². The van der Waals surface area contributed by atoms with Gasteiger partial charge in [-0.25, -0.2) is 13.8 Å². The zero-order valence-electron chi connectivity index (χ0n) is 9.69. The standard InChI is InChI=1S/C14H10F2N2/c1-18-8-17-14-12(16)6-10(7-13(14)18)9-3-2-4-11(15)5-9/h2-8H,1H3. The van der Waals surface area contributed by atoms with Gasteiger partial charge in [0.05, 0.1) is 11.8 Å². The van der Waals surface area contributed by atoms with Crippen molar-refractivity contribution in [1.29, 1.82) is 0 Å². The van der Waals surface area contributed by atoms with E-state index in [4.69, 9.17) is 0 Å². The maximum Gasteiger partial charge on any atom is 0.151 e. The first-order valence-electron chi connectivity index (χ1n) is 5.51. The Labute approximate surface area is 103 Å². The lowest BCUT2D eigenvalue weighted by atomic mass is 10.0. The molecule has 0 aliphatic heterocycles. The van der Waals surface area contributed by atoms with Crippen LogP contribution in [0.15, 0.2) is 42.7 Å². The summed E-state index contributed by atoms with van der Waals surface area (Å²) in [6.45, 7) is 0. The highest BCUT2D eigenvalue weighted by molar-refractivity contribution is 5.82. The normalized spacial score (nSPS) is 11.1. The zero-order chi connectivity index (χ0) is 12.7. The lowest BCUT2D eigenvalue weighted by molar-refractivity contribution is 0.628. The van der Waals surface area contributed by atoms with Gasteiger partial charge in [0, 0.05) is 7.05 Å². The number of hydrogen-bond acceptors (Lipinski definition) is 1. The summed E-state index contributed by atoms with van der Waals surface area (Å²) in [5.41, 5.74) is 2.31. The molecule has 1 aromatic heterocycles. The molecule has 2 nitrogen and oxygen atoms in total. The largest absolute Gasteiger partial charge is 0.334 e. The van der Waals surface area contributed by atoms with Gasteiger partial charge in [-0.1, -0.05) is 12.1 Å². The molecule has 90 valence electrons. The van der Waals surface area contributed by atoms with Crippen molar-refractivity contribution in [2.24, 2.45) is 7.05 Å². The highest BCUT2D eigenvalue weighted by Crippen LogP contribution is 2.26. The zero-order valence-corrected chi connectivity index (χ0v) is 9.69. The molecule has 4 heteroatoms. The van der Waals surface area contributed by atoms with Crippen molar-refractivity contribution in [2.75, 3.05) is 0 Å². The second kappa shape index (κ2) is 3.91. The van der Waals surface area contributed by atoms with Crippen LogP contribution in [0.3, 0.4) is 0 Å². The van der Waals surface area contributed by atoms with Crippen molar-refractivity contribution < 1.29 is 8.78 Å². The van der Waals surface area contributed by atoms with E-state index in [0.29, 0.717) is 22.2 Å². The third kappa shape index (κ3) is 1.66. The number of aryl methyl sites for hydroxylation is 1. The van der Waals surface area contributed by atoms with E-state index in [0.717, 1.165) is 0 Å². The van der Waals surface area contributed by atoms with Crippen molar-refractivity contribution in [3.05, 3.63) is 54.4 Å². The average molecular weight is 244 g/mol. The van der Waals surface area contributed by atoms with Crippen molar-refractivity contribution >= 4 is 11.0 Å².